The van der Waals surface area contributed by atoms with Crippen LogP contribution in [0.2, 0.25) is 0 Å². The van der Waals surface area contributed by atoms with Crippen molar-refractivity contribution in [3.05, 3.63) is 358 Å². The maximum absolute atomic E-state index is 6.21. The average Bonchev–Trinajstić information content (AvgIpc) is 0.957. The number of benzene rings is 18. The van der Waals surface area contributed by atoms with Crippen molar-refractivity contribution >= 4 is 108 Å². The van der Waals surface area contributed by atoms with Crippen LogP contribution in [0.25, 0.3) is 203 Å². The van der Waals surface area contributed by atoms with Crippen molar-refractivity contribution in [1.82, 2.24) is 4.57 Å². The molecule has 0 spiro atoms. The summed E-state index contributed by atoms with van der Waals surface area (Å²) >= 11 is 0. The molecule has 20 aromatic rings. The van der Waals surface area contributed by atoms with E-state index in [4.69, 9.17) is 4.42 Å². The molecule has 0 saturated carbocycles. The highest BCUT2D eigenvalue weighted by atomic mass is 16.3. The van der Waals surface area contributed by atoms with Crippen molar-refractivity contribution in [2.45, 2.75) is 0 Å². The van der Waals surface area contributed by atoms with E-state index in [-0.39, 0.29) is 0 Å². The molecule has 20 rings (SSSR count). The van der Waals surface area contributed by atoms with E-state index in [1.807, 2.05) is 12.1 Å². The number of aromatic nitrogens is 1. The van der Waals surface area contributed by atoms with E-state index in [0.29, 0.717) is 0 Å². The topological polar surface area (TPSA) is 18.1 Å². The molecule has 454 valence electrons. The summed E-state index contributed by atoms with van der Waals surface area (Å²) in [5.74, 6) is 0. The molecule has 2 heterocycles. The van der Waals surface area contributed by atoms with E-state index in [0.717, 1.165) is 61.0 Å². The van der Waals surface area contributed by atoms with Gasteiger partial charge in [0.2, 0.25) is 0 Å². The Hall–Kier alpha value is -12.9. The molecule has 0 fully saturated rings. The van der Waals surface area contributed by atoms with Crippen LogP contribution in [0.3, 0.4) is 0 Å². The summed E-state index contributed by atoms with van der Waals surface area (Å²) in [7, 11) is 0. The van der Waals surface area contributed by atoms with E-state index < -0.39 is 0 Å². The second-order valence-electron chi connectivity index (χ2n) is 26.2. The first-order chi connectivity index (χ1) is 48.6. The molecule has 0 aliphatic heterocycles. The monoisotopic (exact) mass is 1240 g/mol. The smallest absolute Gasteiger partial charge is 0.135 e. The molecule has 2 nitrogen and oxygen atoms in total. The molecule has 0 bridgehead atoms. The fourth-order valence-electron chi connectivity index (χ4n) is 16.1. The molecule has 2 heteroatoms. The molecule has 2 aromatic heterocycles. The number of rotatable bonds is 9. The van der Waals surface area contributed by atoms with Gasteiger partial charge in [-0.1, -0.05) is 279 Å². The molecule has 18 aromatic carbocycles. The summed E-state index contributed by atoms with van der Waals surface area (Å²) in [5, 5.41) is 19.4. The van der Waals surface area contributed by atoms with Crippen molar-refractivity contribution in [2.24, 2.45) is 0 Å². The SMILES string of the molecule is c1ccc(-c2c3ccccc3c(-c3ccccc3)c3cc(-c4ccc5c(c4)c4ccccc4n5-c4ccc(-c5ccc6c(-c7ccc8ccccc8c7)c7ccc(-c8ccc(-c9ccc%10oc%11ccccc%11c%10c9)cc8)cc7c(-c7ccc8ccccc8c7)c6c5)cc4)ccc23)cc1. The summed E-state index contributed by atoms with van der Waals surface area (Å²) in [6, 6.07) is 133. The molecule has 0 aliphatic rings. The lowest BCUT2D eigenvalue weighted by Crippen LogP contribution is -1.94. The number of hydrogen-bond acceptors (Lipinski definition) is 1. The van der Waals surface area contributed by atoms with Gasteiger partial charge >= 0.3 is 0 Å². The third-order valence-electron chi connectivity index (χ3n) is 20.7. The Morgan fingerprint density at radius 3 is 1.05 bits per heavy atom. The van der Waals surface area contributed by atoms with Crippen LogP contribution in [0.5, 0.6) is 0 Å². The van der Waals surface area contributed by atoms with Gasteiger partial charge in [0.1, 0.15) is 11.2 Å². The van der Waals surface area contributed by atoms with Crippen LogP contribution in [-0.2, 0) is 0 Å². The van der Waals surface area contributed by atoms with Gasteiger partial charge in [0, 0.05) is 27.2 Å². The predicted octanol–water partition coefficient (Wildman–Crippen LogP) is 26.9. The normalized spacial score (nSPS) is 11.9. The zero-order valence-corrected chi connectivity index (χ0v) is 53.4. The second-order valence-corrected chi connectivity index (χ2v) is 26.2. The minimum Gasteiger partial charge on any atom is -0.456 e. The first-order valence-corrected chi connectivity index (χ1v) is 33.8. The van der Waals surface area contributed by atoms with Gasteiger partial charge in [-0.05, 0) is 233 Å². The number of furan rings is 1. The summed E-state index contributed by atoms with van der Waals surface area (Å²) in [5.41, 5.74) is 24.4. The molecule has 0 aliphatic carbocycles. The van der Waals surface area contributed by atoms with Gasteiger partial charge in [-0.2, -0.15) is 0 Å². The third-order valence-corrected chi connectivity index (χ3v) is 20.7. The van der Waals surface area contributed by atoms with Crippen molar-refractivity contribution < 1.29 is 4.42 Å². The largest absolute Gasteiger partial charge is 0.456 e. The minimum absolute atomic E-state index is 0.903. The van der Waals surface area contributed by atoms with Crippen LogP contribution in [0.1, 0.15) is 0 Å². The summed E-state index contributed by atoms with van der Waals surface area (Å²) in [6.07, 6.45) is 0. The van der Waals surface area contributed by atoms with Crippen molar-refractivity contribution in [2.75, 3.05) is 0 Å². The number of para-hydroxylation sites is 2. The van der Waals surface area contributed by atoms with Crippen molar-refractivity contribution in [1.29, 1.82) is 0 Å². The first kappa shape index (κ1) is 55.6. The maximum atomic E-state index is 6.21. The molecule has 98 heavy (non-hydrogen) atoms. The Morgan fingerprint density at radius 2 is 0.500 bits per heavy atom. The van der Waals surface area contributed by atoms with Crippen LogP contribution in [0, 0.1) is 0 Å². The highest BCUT2D eigenvalue weighted by molar-refractivity contribution is 6.25. The van der Waals surface area contributed by atoms with Gasteiger partial charge in [-0.25, -0.2) is 0 Å². The zero-order chi connectivity index (χ0) is 64.4. The van der Waals surface area contributed by atoms with E-state index in [9.17, 15) is 0 Å². The van der Waals surface area contributed by atoms with E-state index in [1.165, 1.54) is 142 Å². The summed E-state index contributed by atoms with van der Waals surface area (Å²) in [4.78, 5) is 0. The molecule has 0 unspecified atom stereocenters. The highest BCUT2D eigenvalue weighted by Gasteiger charge is 2.23. The van der Waals surface area contributed by atoms with Crippen molar-refractivity contribution in [3.63, 3.8) is 0 Å². The predicted molar refractivity (Wildman–Crippen MR) is 417 cm³/mol. The average molecular weight is 1240 g/mol. The lowest BCUT2D eigenvalue weighted by atomic mass is 9.83. The Balaban J connectivity index is 0.725. The maximum Gasteiger partial charge on any atom is 0.135 e. The number of hydrogen-bond donors (Lipinski definition) is 0. The Kier molecular flexibility index (Phi) is 12.7. The number of fused-ring (bicyclic) bond motifs is 12. The molecule has 0 N–H and O–H groups in total. The zero-order valence-electron chi connectivity index (χ0n) is 53.4. The standard InChI is InChI=1S/C96H59NO/c1-3-19-65(20-4-1)93-79-27-11-12-28-80(79)94(66-21-5-2-6-22-66)86-59-72(43-50-81(86)93)73-44-51-90-84(55-73)77-25-13-15-29-89(77)97(90)76-46-39-64(40-47-76)70-42-49-83-88(58-70)96(75-38-36-61-18-8-10-24-68(61)54-75)87-57-69(41-48-82(87)95(83)74-37-35-60-17-7-9-23-67(60)53-74)62-31-33-63(34-32-62)71-45-52-92-85(56-71)78-26-14-16-30-91(78)98-92/h1-59H. The fraction of sp³-hybridized carbons (Fsp3) is 0. The Bertz CT molecular complexity index is 6630. The molecule has 0 saturated heterocycles. The molecule has 0 atom stereocenters. The minimum atomic E-state index is 0.903. The quantitative estimate of drug-likeness (QED) is 0.132. The van der Waals surface area contributed by atoms with Crippen molar-refractivity contribution in [3.8, 4) is 94.7 Å². The highest BCUT2D eigenvalue weighted by Crippen LogP contribution is 2.49. The fourth-order valence-corrected chi connectivity index (χ4v) is 16.1. The summed E-state index contributed by atoms with van der Waals surface area (Å²) < 4.78 is 8.66. The van der Waals surface area contributed by atoms with Gasteiger partial charge in [0.25, 0.3) is 0 Å². The Morgan fingerprint density at radius 1 is 0.163 bits per heavy atom. The molecular weight excluding hydrogens is 1180 g/mol. The van der Waals surface area contributed by atoms with Crippen LogP contribution in [-0.4, -0.2) is 4.57 Å². The lowest BCUT2D eigenvalue weighted by molar-refractivity contribution is 0.669. The van der Waals surface area contributed by atoms with Gasteiger partial charge in [-0.3, -0.25) is 0 Å². The second kappa shape index (κ2) is 22.4. The van der Waals surface area contributed by atoms with Gasteiger partial charge in [0.15, 0.2) is 0 Å². The summed E-state index contributed by atoms with van der Waals surface area (Å²) in [6.45, 7) is 0. The van der Waals surface area contributed by atoms with E-state index in [2.05, 4.69) is 350 Å². The van der Waals surface area contributed by atoms with Crippen LogP contribution >= 0.6 is 0 Å². The third kappa shape index (κ3) is 9.03. The first-order valence-electron chi connectivity index (χ1n) is 33.8. The molecular formula is C96H59NO. The van der Waals surface area contributed by atoms with E-state index >= 15 is 0 Å². The van der Waals surface area contributed by atoms with Gasteiger partial charge in [0.05, 0.1) is 11.0 Å². The molecule has 0 radical (unpaired) electrons. The van der Waals surface area contributed by atoms with Gasteiger partial charge < -0.3 is 8.98 Å². The number of nitrogens with zero attached hydrogens (tertiary/aromatic N) is 1. The van der Waals surface area contributed by atoms with Gasteiger partial charge in [-0.15, -0.1) is 0 Å². The molecule has 0 amide bonds. The lowest BCUT2D eigenvalue weighted by Gasteiger charge is -2.20. The van der Waals surface area contributed by atoms with E-state index in [1.54, 1.807) is 0 Å². The van der Waals surface area contributed by atoms with Crippen LogP contribution in [0.4, 0.5) is 0 Å². The van der Waals surface area contributed by atoms with Crippen LogP contribution < -0.4 is 0 Å². The Labute approximate surface area is 566 Å². The van der Waals surface area contributed by atoms with Crippen LogP contribution in [0.15, 0.2) is 362 Å².